The van der Waals surface area contributed by atoms with E-state index in [0.29, 0.717) is 11.3 Å². The number of benzene rings is 1. The first kappa shape index (κ1) is 12.4. The van der Waals surface area contributed by atoms with Crippen LogP contribution in [-0.4, -0.2) is 21.7 Å². The van der Waals surface area contributed by atoms with Crippen molar-refractivity contribution in [2.24, 2.45) is 0 Å². The van der Waals surface area contributed by atoms with Gasteiger partial charge in [0.25, 0.3) is 0 Å². The van der Waals surface area contributed by atoms with Crippen molar-refractivity contribution in [2.45, 2.75) is 26.4 Å². The van der Waals surface area contributed by atoms with Crippen molar-refractivity contribution in [1.29, 1.82) is 0 Å². The fourth-order valence-electron chi connectivity index (χ4n) is 1.74. The van der Waals surface area contributed by atoms with Crippen molar-refractivity contribution in [3.05, 3.63) is 36.0 Å². The minimum atomic E-state index is -0.979. The quantitative estimate of drug-likeness (QED) is 0.883. The number of hydrogen-bond acceptors (Lipinski definition) is 3. The Morgan fingerprint density at radius 2 is 2.00 bits per heavy atom. The van der Waals surface area contributed by atoms with Gasteiger partial charge in [-0.2, -0.15) is 0 Å². The van der Waals surface area contributed by atoms with Crippen LogP contribution in [0.1, 0.15) is 31.1 Å². The normalized spacial score (nSPS) is 11.5. The molecule has 0 amide bonds. The van der Waals surface area contributed by atoms with Crippen LogP contribution in [0.5, 0.6) is 5.88 Å². The Hall–Kier alpha value is -2.10. The zero-order chi connectivity index (χ0) is 13.3. The standard InChI is InChI=1S/C14H15NO3/c1-14(2,3)18-12-11-9(7-8-15-12)5-4-6-10(11)13(16)17/h4-8H,1-3H3,(H,16,17). The van der Waals surface area contributed by atoms with Crippen LogP contribution in [0.15, 0.2) is 30.5 Å². The highest BCUT2D eigenvalue weighted by atomic mass is 16.5. The molecule has 0 bridgehead atoms. The Bertz CT molecular complexity index is 594. The summed E-state index contributed by atoms with van der Waals surface area (Å²) in [4.78, 5) is 15.4. The molecule has 4 heteroatoms. The summed E-state index contributed by atoms with van der Waals surface area (Å²) in [6.45, 7) is 5.70. The summed E-state index contributed by atoms with van der Waals surface area (Å²) in [5.41, 5.74) is -0.216. The van der Waals surface area contributed by atoms with Crippen LogP contribution in [0, 0.1) is 0 Å². The van der Waals surface area contributed by atoms with Gasteiger partial charge in [-0.1, -0.05) is 12.1 Å². The summed E-state index contributed by atoms with van der Waals surface area (Å²) in [5, 5.41) is 10.6. The summed E-state index contributed by atoms with van der Waals surface area (Å²) in [6.07, 6.45) is 1.62. The Kier molecular flexibility index (Phi) is 2.95. The van der Waals surface area contributed by atoms with Crippen molar-refractivity contribution >= 4 is 16.7 Å². The average molecular weight is 245 g/mol. The zero-order valence-electron chi connectivity index (χ0n) is 10.6. The lowest BCUT2D eigenvalue weighted by Crippen LogP contribution is -2.23. The van der Waals surface area contributed by atoms with Crippen molar-refractivity contribution in [2.75, 3.05) is 0 Å². The van der Waals surface area contributed by atoms with Gasteiger partial charge in [-0.3, -0.25) is 0 Å². The van der Waals surface area contributed by atoms with Gasteiger partial charge in [0.2, 0.25) is 5.88 Å². The van der Waals surface area contributed by atoms with E-state index in [0.717, 1.165) is 5.39 Å². The second-order valence-electron chi connectivity index (χ2n) is 5.04. The van der Waals surface area contributed by atoms with E-state index < -0.39 is 11.6 Å². The van der Waals surface area contributed by atoms with E-state index in [2.05, 4.69) is 4.98 Å². The maximum atomic E-state index is 11.2. The van der Waals surface area contributed by atoms with Gasteiger partial charge >= 0.3 is 5.97 Å². The first-order valence-electron chi connectivity index (χ1n) is 5.68. The molecular weight excluding hydrogens is 230 g/mol. The Labute approximate surface area is 105 Å². The molecule has 2 aromatic rings. The summed E-state index contributed by atoms with van der Waals surface area (Å²) in [5.74, 6) is -0.620. The molecule has 1 aromatic carbocycles. The SMILES string of the molecule is CC(C)(C)Oc1nccc2cccc(C(=O)O)c12. The van der Waals surface area contributed by atoms with Crippen LogP contribution in [0.4, 0.5) is 0 Å². The van der Waals surface area contributed by atoms with Gasteiger partial charge in [0.05, 0.1) is 10.9 Å². The first-order valence-corrected chi connectivity index (χ1v) is 5.68. The number of carbonyl (C=O) groups is 1. The van der Waals surface area contributed by atoms with Crippen LogP contribution < -0.4 is 4.74 Å². The highest BCUT2D eigenvalue weighted by molar-refractivity contribution is 6.05. The fraction of sp³-hybridized carbons (Fsp3) is 0.286. The Balaban J connectivity index is 2.70. The monoisotopic (exact) mass is 245 g/mol. The van der Waals surface area contributed by atoms with E-state index >= 15 is 0 Å². The predicted molar refractivity (Wildman–Crippen MR) is 69.1 cm³/mol. The lowest BCUT2D eigenvalue weighted by atomic mass is 10.1. The molecule has 1 N–H and O–H groups in total. The molecule has 2 rings (SSSR count). The minimum absolute atomic E-state index is 0.208. The van der Waals surface area contributed by atoms with E-state index in [9.17, 15) is 9.90 Å². The number of nitrogens with zero attached hydrogens (tertiary/aromatic N) is 1. The molecule has 0 aliphatic heterocycles. The molecule has 0 aliphatic carbocycles. The molecule has 1 heterocycles. The van der Waals surface area contributed by atoms with Crippen LogP contribution in [0.3, 0.4) is 0 Å². The molecule has 18 heavy (non-hydrogen) atoms. The molecule has 0 aliphatic rings. The number of fused-ring (bicyclic) bond motifs is 1. The Morgan fingerprint density at radius 3 is 2.61 bits per heavy atom. The molecule has 0 unspecified atom stereocenters. The second-order valence-corrected chi connectivity index (χ2v) is 5.04. The van der Waals surface area contributed by atoms with Gasteiger partial charge in [-0.15, -0.1) is 0 Å². The predicted octanol–water partition coefficient (Wildman–Crippen LogP) is 3.11. The van der Waals surface area contributed by atoms with Crippen LogP contribution in [0.2, 0.25) is 0 Å². The van der Waals surface area contributed by atoms with Crippen molar-refractivity contribution in [1.82, 2.24) is 4.98 Å². The number of ether oxygens (including phenoxy) is 1. The number of hydrogen-bond donors (Lipinski definition) is 1. The van der Waals surface area contributed by atoms with E-state index in [-0.39, 0.29) is 5.56 Å². The number of carboxylic acid groups (broad SMARTS) is 1. The third-order valence-corrected chi connectivity index (χ3v) is 2.39. The van der Waals surface area contributed by atoms with Gasteiger partial charge < -0.3 is 9.84 Å². The lowest BCUT2D eigenvalue weighted by molar-refractivity contribution is 0.0697. The first-order chi connectivity index (χ1) is 8.38. The van der Waals surface area contributed by atoms with E-state index in [1.807, 2.05) is 26.8 Å². The zero-order valence-corrected chi connectivity index (χ0v) is 10.6. The topological polar surface area (TPSA) is 59.4 Å². The van der Waals surface area contributed by atoms with Gasteiger partial charge in [-0.05, 0) is 38.3 Å². The van der Waals surface area contributed by atoms with Gasteiger partial charge in [0.1, 0.15) is 5.60 Å². The number of pyridine rings is 1. The molecule has 4 nitrogen and oxygen atoms in total. The Morgan fingerprint density at radius 1 is 1.28 bits per heavy atom. The van der Waals surface area contributed by atoms with E-state index in [4.69, 9.17) is 4.74 Å². The third-order valence-electron chi connectivity index (χ3n) is 2.39. The van der Waals surface area contributed by atoms with E-state index in [1.165, 1.54) is 0 Å². The molecule has 0 radical (unpaired) electrons. The molecule has 0 spiro atoms. The fourth-order valence-corrected chi connectivity index (χ4v) is 1.74. The number of aromatic nitrogens is 1. The van der Waals surface area contributed by atoms with Crippen LogP contribution in [-0.2, 0) is 0 Å². The molecule has 0 fully saturated rings. The minimum Gasteiger partial charge on any atom is -0.478 e. The molecule has 0 atom stereocenters. The van der Waals surface area contributed by atoms with Gasteiger partial charge in [0, 0.05) is 6.20 Å². The molecule has 0 saturated heterocycles. The van der Waals surface area contributed by atoms with Crippen LogP contribution >= 0.6 is 0 Å². The largest absolute Gasteiger partial charge is 0.478 e. The summed E-state index contributed by atoms with van der Waals surface area (Å²) in [7, 11) is 0. The van der Waals surface area contributed by atoms with Crippen molar-refractivity contribution in [3.63, 3.8) is 0 Å². The smallest absolute Gasteiger partial charge is 0.336 e. The molecule has 1 aromatic heterocycles. The van der Waals surface area contributed by atoms with Gasteiger partial charge in [-0.25, -0.2) is 9.78 Å². The molecule has 0 saturated carbocycles. The highest BCUT2D eigenvalue weighted by Crippen LogP contribution is 2.29. The van der Waals surface area contributed by atoms with Crippen molar-refractivity contribution < 1.29 is 14.6 Å². The molecule has 94 valence electrons. The highest BCUT2D eigenvalue weighted by Gasteiger charge is 2.18. The number of carboxylic acids is 1. The maximum Gasteiger partial charge on any atom is 0.336 e. The molecular formula is C14H15NO3. The third kappa shape index (κ3) is 2.42. The van der Waals surface area contributed by atoms with Gasteiger partial charge in [0.15, 0.2) is 0 Å². The second kappa shape index (κ2) is 4.29. The summed E-state index contributed by atoms with van der Waals surface area (Å²) in [6, 6.07) is 6.89. The number of rotatable bonds is 2. The van der Waals surface area contributed by atoms with E-state index in [1.54, 1.807) is 24.4 Å². The average Bonchev–Trinajstić information content (AvgIpc) is 2.26. The lowest BCUT2D eigenvalue weighted by Gasteiger charge is -2.21. The number of aromatic carboxylic acids is 1. The van der Waals surface area contributed by atoms with Crippen LogP contribution in [0.25, 0.3) is 10.8 Å². The summed E-state index contributed by atoms with van der Waals surface area (Å²) < 4.78 is 5.73. The van der Waals surface area contributed by atoms with Crippen molar-refractivity contribution in [3.8, 4) is 5.88 Å². The summed E-state index contributed by atoms with van der Waals surface area (Å²) >= 11 is 0. The maximum absolute atomic E-state index is 11.2.